The van der Waals surface area contributed by atoms with E-state index in [0.29, 0.717) is 12.8 Å². The predicted molar refractivity (Wildman–Crippen MR) is 260 cm³/mol. The van der Waals surface area contributed by atoms with Crippen molar-refractivity contribution in [1.82, 2.24) is 0 Å². The largest absolute Gasteiger partial charge is 1.00 e. The summed E-state index contributed by atoms with van der Waals surface area (Å²) in [5.74, 6) is -1.81. The van der Waals surface area contributed by atoms with Crippen LogP contribution < -0.4 is 51.4 Å². The van der Waals surface area contributed by atoms with Crippen LogP contribution in [-0.4, -0.2) is 38.1 Å². The number of esters is 2. The molecular weight excluding hydrogens is 832 g/mol. The quantitative estimate of drug-likeness (QED) is 0.0211. The Morgan fingerprint density at radius 3 is 1.05 bits per heavy atom. The summed E-state index contributed by atoms with van der Waals surface area (Å²) in [6.45, 7) is 4.78. The average molecular weight is 925 g/mol. The molecule has 63 heavy (non-hydrogen) atoms. The van der Waals surface area contributed by atoms with Crippen LogP contribution in [0.2, 0.25) is 0 Å². The Hall–Kier alpha value is -0.814. The van der Waals surface area contributed by atoms with Gasteiger partial charge in [0.15, 0.2) is 0 Å². The number of hydrogen-bond donors (Lipinski definition) is 0. The topological polar surface area (TPSA) is 110 Å². The minimum atomic E-state index is -5.02. The summed E-state index contributed by atoms with van der Waals surface area (Å²) < 4.78 is 46.9. The molecule has 0 atom stereocenters. The Morgan fingerprint density at radius 2 is 0.730 bits per heavy atom. The molecule has 0 saturated heterocycles. The van der Waals surface area contributed by atoms with Gasteiger partial charge in [-0.2, -0.15) is 0 Å². The van der Waals surface area contributed by atoms with E-state index in [9.17, 15) is 22.6 Å². The zero-order valence-electron chi connectivity index (χ0n) is 41.1. The smallest absolute Gasteiger partial charge is 0.744 e. The average Bonchev–Trinajstić information content (AvgIpc) is 3.26. The van der Waals surface area contributed by atoms with Gasteiger partial charge in [0, 0.05) is 0 Å². The van der Waals surface area contributed by atoms with Gasteiger partial charge in [-0.25, -0.2) is 18.0 Å². The predicted octanol–water partition coefficient (Wildman–Crippen LogP) is 13.9. The zero-order chi connectivity index (χ0) is 45.0. The van der Waals surface area contributed by atoms with E-state index < -0.39 is 32.5 Å². The molecule has 0 aromatic heterocycles. The third-order valence-corrected chi connectivity index (χ3v) is 12.9. The van der Waals surface area contributed by atoms with Gasteiger partial charge in [-0.3, -0.25) is 0 Å². The minimum absolute atomic E-state index is 0. The second-order valence-corrected chi connectivity index (χ2v) is 19.2. The van der Waals surface area contributed by atoms with E-state index in [2.05, 4.69) is 38.2 Å². The molecule has 0 radical (unpaired) electrons. The third-order valence-electron chi connectivity index (χ3n) is 12.0. The van der Waals surface area contributed by atoms with Crippen molar-refractivity contribution in [1.29, 1.82) is 0 Å². The number of allylic oxidation sites excluding steroid dienone is 4. The van der Waals surface area contributed by atoms with E-state index in [4.69, 9.17) is 9.47 Å². The first-order chi connectivity index (χ1) is 30.3. The van der Waals surface area contributed by atoms with Crippen molar-refractivity contribution < 1.29 is 83.4 Å². The number of unbranched alkanes of at least 4 members (excludes halogenated alkanes) is 34. The summed E-state index contributed by atoms with van der Waals surface area (Å²) >= 11 is 0. The fourth-order valence-electron chi connectivity index (χ4n) is 8.07. The molecule has 9 heteroatoms. The van der Waals surface area contributed by atoms with Crippen molar-refractivity contribution in [2.24, 2.45) is 0 Å². The Balaban J connectivity index is 0.0000384. The number of benzene rings is 1. The van der Waals surface area contributed by atoms with Crippen LogP contribution >= 0.6 is 0 Å². The van der Waals surface area contributed by atoms with E-state index in [-0.39, 0.29) is 70.2 Å². The molecule has 0 heterocycles. The molecule has 0 aliphatic carbocycles. The van der Waals surface area contributed by atoms with Crippen LogP contribution in [0.4, 0.5) is 0 Å². The molecule has 1 aromatic rings. The van der Waals surface area contributed by atoms with Crippen molar-refractivity contribution in [2.75, 3.05) is 13.2 Å². The van der Waals surface area contributed by atoms with E-state index in [1.54, 1.807) is 0 Å². The van der Waals surface area contributed by atoms with Crippen LogP contribution in [0.3, 0.4) is 0 Å². The molecule has 0 aliphatic rings. The van der Waals surface area contributed by atoms with E-state index >= 15 is 0 Å². The third kappa shape index (κ3) is 37.9. The van der Waals surface area contributed by atoms with Crippen molar-refractivity contribution in [3.63, 3.8) is 0 Å². The fourth-order valence-corrected chi connectivity index (χ4v) is 8.76. The molecule has 358 valence electrons. The normalized spacial score (nSPS) is 11.7. The number of hydrogen-bond acceptors (Lipinski definition) is 7. The Morgan fingerprint density at radius 1 is 0.444 bits per heavy atom. The molecule has 0 aliphatic heterocycles. The molecule has 0 saturated carbocycles. The van der Waals surface area contributed by atoms with Crippen LogP contribution in [0.15, 0.2) is 47.4 Å². The number of rotatable bonds is 45. The molecule has 0 bridgehead atoms. The van der Waals surface area contributed by atoms with Crippen LogP contribution in [0, 0.1) is 0 Å². The van der Waals surface area contributed by atoms with E-state index in [1.807, 2.05) is 0 Å². The molecule has 0 unspecified atom stereocenters. The van der Waals surface area contributed by atoms with E-state index in [1.165, 1.54) is 198 Å². The van der Waals surface area contributed by atoms with Gasteiger partial charge in [-0.1, -0.05) is 224 Å². The first-order valence-corrected chi connectivity index (χ1v) is 27.5. The minimum Gasteiger partial charge on any atom is -0.744 e. The standard InChI is InChI=1S/C54H94O7S.K/c1-3-5-7-9-11-13-15-17-19-21-23-25-27-29-31-33-35-37-39-41-43-48-60-53(55)50-46-45-47-51(62(57,58)59)52(50)54(56)61-49-44-42-40-38-36-34-32-30-28-26-24-22-20-18-16-14-12-10-8-6-4-2;/h23-26,45-47H,3-22,27-44,48-49H2,1-2H3,(H,57,58,59);/q;+1/p-1/b25-23+,26-24+;. The Kier molecular flexibility index (Phi) is 45.7. The van der Waals surface area contributed by atoms with Crippen molar-refractivity contribution >= 4 is 22.1 Å². The van der Waals surface area contributed by atoms with Gasteiger partial charge < -0.3 is 14.0 Å². The fraction of sp³-hybridized carbons (Fsp3) is 0.778. The number of ether oxygens (including phenoxy) is 2. The molecule has 7 nitrogen and oxygen atoms in total. The molecule has 0 spiro atoms. The second-order valence-electron chi connectivity index (χ2n) is 17.8. The van der Waals surface area contributed by atoms with Gasteiger partial charge in [0.05, 0.1) is 29.2 Å². The van der Waals surface area contributed by atoms with Crippen LogP contribution in [0.25, 0.3) is 0 Å². The maximum absolute atomic E-state index is 13.1. The summed E-state index contributed by atoms with van der Waals surface area (Å²) in [6.07, 6.45) is 56.2. The van der Waals surface area contributed by atoms with Crippen molar-refractivity contribution in [2.45, 2.75) is 263 Å². The van der Waals surface area contributed by atoms with Crippen LogP contribution in [-0.2, 0) is 19.6 Å². The first kappa shape index (κ1) is 62.2. The van der Waals surface area contributed by atoms with Crippen LogP contribution in [0.1, 0.15) is 279 Å². The number of carbonyl (C=O) groups is 2. The number of carbonyl (C=O) groups excluding carboxylic acids is 2. The van der Waals surface area contributed by atoms with Gasteiger partial charge in [0.1, 0.15) is 10.1 Å². The van der Waals surface area contributed by atoms with Gasteiger partial charge in [-0.15, -0.1) is 0 Å². The van der Waals surface area contributed by atoms with Gasteiger partial charge in [0.2, 0.25) is 0 Å². The maximum Gasteiger partial charge on any atom is 1.00 e. The Bertz CT molecular complexity index is 1380. The van der Waals surface area contributed by atoms with E-state index in [0.717, 1.165) is 51.0 Å². The van der Waals surface area contributed by atoms with Gasteiger partial charge >= 0.3 is 63.3 Å². The summed E-state index contributed by atoms with van der Waals surface area (Å²) in [7, 11) is -5.02. The molecule has 0 N–H and O–H groups in total. The monoisotopic (exact) mass is 925 g/mol. The van der Waals surface area contributed by atoms with Gasteiger partial charge in [0.25, 0.3) is 0 Å². The molecule has 1 aromatic carbocycles. The van der Waals surface area contributed by atoms with Crippen LogP contribution in [0.5, 0.6) is 0 Å². The molecule has 1 rings (SSSR count). The summed E-state index contributed by atoms with van der Waals surface area (Å²) in [6, 6.07) is 3.64. The molecule has 0 fully saturated rings. The van der Waals surface area contributed by atoms with Crippen molar-refractivity contribution in [3.8, 4) is 0 Å². The molecular formula is C54H93KO7S. The second kappa shape index (κ2) is 46.3. The maximum atomic E-state index is 13.1. The zero-order valence-corrected chi connectivity index (χ0v) is 45.0. The Labute approximate surface area is 431 Å². The first-order valence-electron chi connectivity index (χ1n) is 26.1. The summed E-state index contributed by atoms with van der Waals surface area (Å²) in [5.41, 5.74) is -0.778. The SMILES string of the molecule is CCCCCCCCCCC/C=C/CCCCCCCCCCOC(=O)c1cccc(S(=O)(=O)[O-])c1C(=O)OCCCCCCCCCC/C=C/CCCCCCCCCCC.[K+]. The molecule has 0 amide bonds. The van der Waals surface area contributed by atoms with Crippen molar-refractivity contribution in [3.05, 3.63) is 53.6 Å². The van der Waals surface area contributed by atoms with Gasteiger partial charge in [-0.05, 0) is 76.3 Å². The summed E-state index contributed by atoms with van der Waals surface area (Å²) in [4.78, 5) is 25.3. The summed E-state index contributed by atoms with van der Waals surface area (Å²) in [5, 5.41) is 0.